The lowest BCUT2D eigenvalue weighted by molar-refractivity contribution is -0.118. The van der Waals surface area contributed by atoms with E-state index in [1.54, 1.807) is 0 Å². The van der Waals surface area contributed by atoms with Gasteiger partial charge in [0.15, 0.2) is 5.13 Å². The van der Waals surface area contributed by atoms with E-state index in [2.05, 4.69) is 23.3 Å². The van der Waals surface area contributed by atoms with Crippen LogP contribution >= 0.6 is 11.3 Å². The van der Waals surface area contributed by atoms with Crippen molar-refractivity contribution in [1.29, 1.82) is 0 Å². The van der Waals surface area contributed by atoms with Gasteiger partial charge in [-0.25, -0.2) is 4.98 Å². The smallest absolute Gasteiger partial charge is 0.251 e. The van der Waals surface area contributed by atoms with Crippen molar-refractivity contribution in [2.75, 3.05) is 11.9 Å². The molecule has 0 spiro atoms. The molecule has 2 aromatic rings. The molecule has 84 valence electrons. The van der Waals surface area contributed by atoms with Crippen molar-refractivity contribution in [3.8, 4) is 0 Å². The summed E-state index contributed by atoms with van der Waals surface area (Å²) in [4.78, 5) is 15.2. The zero-order valence-corrected chi connectivity index (χ0v) is 9.67. The Bertz CT molecular complexity index is 522. The standard InChI is InChI=1S/C11H12N2O2S/c1-2-7-3-4-8-9(5-7)16-11(12-8)13-10(15)6-14/h3-5,14H,2,6H2,1H3,(H,12,13,15). The monoisotopic (exact) mass is 236 g/mol. The third-order valence-corrected chi connectivity index (χ3v) is 3.18. The second kappa shape index (κ2) is 4.59. The minimum atomic E-state index is -0.518. The highest BCUT2D eigenvalue weighted by molar-refractivity contribution is 7.22. The fourth-order valence-corrected chi connectivity index (χ4v) is 2.35. The molecule has 1 heterocycles. The zero-order chi connectivity index (χ0) is 11.5. The molecule has 0 radical (unpaired) electrons. The summed E-state index contributed by atoms with van der Waals surface area (Å²) in [5.74, 6) is -0.435. The fourth-order valence-electron chi connectivity index (χ4n) is 1.40. The van der Waals surface area contributed by atoms with E-state index in [0.717, 1.165) is 16.6 Å². The van der Waals surface area contributed by atoms with Crippen LogP contribution in [0.3, 0.4) is 0 Å². The number of benzene rings is 1. The molecular weight excluding hydrogens is 224 g/mol. The lowest BCUT2D eigenvalue weighted by Gasteiger charge is -1.94. The molecule has 0 saturated heterocycles. The molecule has 0 aliphatic carbocycles. The van der Waals surface area contributed by atoms with E-state index in [4.69, 9.17) is 5.11 Å². The first-order valence-electron chi connectivity index (χ1n) is 5.03. The molecule has 1 aromatic carbocycles. The molecular formula is C11H12N2O2S. The topological polar surface area (TPSA) is 62.2 Å². The number of nitrogens with zero attached hydrogens (tertiary/aromatic N) is 1. The van der Waals surface area contributed by atoms with Gasteiger partial charge in [0.25, 0.3) is 5.91 Å². The van der Waals surface area contributed by atoms with Crippen molar-refractivity contribution in [3.63, 3.8) is 0 Å². The normalized spacial score (nSPS) is 10.6. The van der Waals surface area contributed by atoms with Crippen molar-refractivity contribution in [1.82, 2.24) is 4.98 Å². The average Bonchev–Trinajstić information content (AvgIpc) is 2.69. The van der Waals surface area contributed by atoms with E-state index >= 15 is 0 Å². The van der Waals surface area contributed by atoms with Crippen molar-refractivity contribution >= 4 is 32.6 Å². The number of rotatable bonds is 3. The second-order valence-electron chi connectivity index (χ2n) is 3.38. The molecule has 0 aliphatic heterocycles. The van der Waals surface area contributed by atoms with E-state index in [1.807, 2.05) is 12.1 Å². The lowest BCUT2D eigenvalue weighted by Crippen LogP contribution is -2.14. The van der Waals surface area contributed by atoms with E-state index < -0.39 is 12.5 Å². The highest BCUT2D eigenvalue weighted by Crippen LogP contribution is 2.26. The minimum Gasteiger partial charge on any atom is -0.387 e. The molecule has 2 N–H and O–H groups in total. The van der Waals surface area contributed by atoms with Crippen LogP contribution in [0.5, 0.6) is 0 Å². The van der Waals surface area contributed by atoms with Gasteiger partial charge in [-0.2, -0.15) is 0 Å². The molecule has 0 unspecified atom stereocenters. The third kappa shape index (κ3) is 2.20. The number of hydrogen-bond donors (Lipinski definition) is 2. The first kappa shape index (κ1) is 11.0. The summed E-state index contributed by atoms with van der Waals surface area (Å²) < 4.78 is 1.05. The van der Waals surface area contributed by atoms with Gasteiger partial charge in [-0.3, -0.25) is 10.1 Å². The fraction of sp³-hybridized carbons (Fsp3) is 0.273. The molecule has 5 heteroatoms. The van der Waals surface area contributed by atoms with Crippen LogP contribution in [0.1, 0.15) is 12.5 Å². The Balaban J connectivity index is 2.32. The quantitative estimate of drug-likeness (QED) is 0.854. The zero-order valence-electron chi connectivity index (χ0n) is 8.86. The van der Waals surface area contributed by atoms with E-state index in [-0.39, 0.29) is 0 Å². The van der Waals surface area contributed by atoms with Crippen LogP contribution in [0.15, 0.2) is 18.2 Å². The van der Waals surface area contributed by atoms with Crippen LogP contribution in [-0.4, -0.2) is 22.6 Å². The summed E-state index contributed by atoms with van der Waals surface area (Å²) in [7, 11) is 0. The van der Waals surface area contributed by atoms with Gasteiger partial charge in [0, 0.05) is 0 Å². The van der Waals surface area contributed by atoms with Crippen LogP contribution in [0, 0.1) is 0 Å². The first-order valence-corrected chi connectivity index (χ1v) is 5.84. The molecule has 0 fully saturated rings. The molecule has 1 amide bonds. The minimum absolute atomic E-state index is 0.435. The van der Waals surface area contributed by atoms with Crippen LogP contribution in [0.4, 0.5) is 5.13 Å². The molecule has 1 aromatic heterocycles. The number of fused-ring (bicyclic) bond motifs is 1. The molecule has 0 saturated carbocycles. The third-order valence-electron chi connectivity index (χ3n) is 2.25. The Morgan fingerprint density at radius 3 is 3.06 bits per heavy atom. The first-order chi connectivity index (χ1) is 7.72. The van der Waals surface area contributed by atoms with Crippen molar-refractivity contribution in [2.24, 2.45) is 0 Å². The predicted octanol–water partition coefficient (Wildman–Crippen LogP) is 1.79. The maximum atomic E-state index is 11.0. The Morgan fingerprint density at radius 2 is 2.38 bits per heavy atom. The van der Waals surface area contributed by atoms with Gasteiger partial charge in [-0.15, -0.1) is 0 Å². The maximum absolute atomic E-state index is 11.0. The molecule has 4 nitrogen and oxygen atoms in total. The number of aliphatic hydroxyl groups excluding tert-OH is 1. The Labute approximate surface area is 96.9 Å². The second-order valence-corrected chi connectivity index (χ2v) is 4.41. The number of aryl methyl sites for hydroxylation is 1. The van der Waals surface area contributed by atoms with Gasteiger partial charge in [0.2, 0.25) is 0 Å². The summed E-state index contributed by atoms with van der Waals surface area (Å²) in [6.07, 6.45) is 0.978. The summed E-state index contributed by atoms with van der Waals surface area (Å²) in [6, 6.07) is 6.04. The van der Waals surface area contributed by atoms with Gasteiger partial charge in [0.1, 0.15) is 6.61 Å². The van der Waals surface area contributed by atoms with Crippen LogP contribution in [-0.2, 0) is 11.2 Å². The Hall–Kier alpha value is -1.46. The number of nitrogens with one attached hydrogen (secondary N) is 1. The number of hydrogen-bond acceptors (Lipinski definition) is 4. The number of carbonyl (C=O) groups excluding carboxylic acids is 1. The summed E-state index contributed by atoms with van der Waals surface area (Å²) in [5, 5.41) is 11.7. The van der Waals surface area contributed by atoms with Crippen molar-refractivity contribution < 1.29 is 9.90 Å². The number of carbonyl (C=O) groups is 1. The highest BCUT2D eigenvalue weighted by Gasteiger charge is 2.06. The van der Waals surface area contributed by atoms with Crippen molar-refractivity contribution in [3.05, 3.63) is 23.8 Å². The summed E-state index contributed by atoms with van der Waals surface area (Å²) in [6.45, 7) is 1.58. The van der Waals surface area contributed by atoms with Gasteiger partial charge in [0.05, 0.1) is 10.2 Å². The van der Waals surface area contributed by atoms with Gasteiger partial charge >= 0.3 is 0 Å². The predicted molar refractivity (Wildman–Crippen MR) is 64.7 cm³/mol. The Kier molecular flexibility index (Phi) is 3.17. The maximum Gasteiger partial charge on any atom is 0.251 e. The number of aromatic nitrogens is 1. The van der Waals surface area contributed by atoms with Gasteiger partial charge in [-0.1, -0.05) is 24.3 Å². The summed E-state index contributed by atoms with van der Waals surface area (Å²) >= 11 is 1.42. The van der Waals surface area contributed by atoms with Gasteiger partial charge in [-0.05, 0) is 24.1 Å². The van der Waals surface area contributed by atoms with Crippen LogP contribution < -0.4 is 5.32 Å². The van der Waals surface area contributed by atoms with Crippen LogP contribution in [0.2, 0.25) is 0 Å². The molecule has 0 bridgehead atoms. The molecule has 0 atom stereocenters. The van der Waals surface area contributed by atoms with E-state index in [9.17, 15) is 4.79 Å². The number of thiazole rings is 1. The number of amides is 1. The van der Waals surface area contributed by atoms with Gasteiger partial charge < -0.3 is 5.11 Å². The molecule has 0 aliphatic rings. The summed E-state index contributed by atoms with van der Waals surface area (Å²) in [5.41, 5.74) is 2.12. The lowest BCUT2D eigenvalue weighted by atomic mass is 10.2. The van der Waals surface area contributed by atoms with E-state index in [1.165, 1.54) is 16.9 Å². The molecule has 2 rings (SSSR count). The Morgan fingerprint density at radius 1 is 1.56 bits per heavy atom. The number of aliphatic hydroxyl groups is 1. The number of anilines is 1. The van der Waals surface area contributed by atoms with Crippen molar-refractivity contribution in [2.45, 2.75) is 13.3 Å². The van der Waals surface area contributed by atoms with E-state index in [0.29, 0.717) is 5.13 Å². The SMILES string of the molecule is CCc1ccc2nc(NC(=O)CO)sc2c1. The average molecular weight is 236 g/mol. The van der Waals surface area contributed by atoms with Crippen LogP contribution in [0.25, 0.3) is 10.2 Å². The highest BCUT2D eigenvalue weighted by atomic mass is 32.1. The largest absolute Gasteiger partial charge is 0.387 e. The molecule has 16 heavy (non-hydrogen) atoms.